The minimum atomic E-state index is -0.226. The molecule has 22 heavy (non-hydrogen) atoms. The molecule has 4 nitrogen and oxygen atoms in total. The molecule has 0 heterocycles. The number of nitrogens with one attached hydrogen (secondary N) is 2. The summed E-state index contributed by atoms with van der Waals surface area (Å²) in [6, 6.07) is 15.9. The topological polar surface area (TPSA) is 64.9 Å². The lowest BCUT2D eigenvalue weighted by Gasteiger charge is -2.09. The third-order valence-electron chi connectivity index (χ3n) is 2.78. The van der Waals surface area contributed by atoms with Crippen LogP contribution in [0.15, 0.2) is 48.5 Å². The van der Waals surface area contributed by atoms with E-state index in [0.29, 0.717) is 16.3 Å². The zero-order chi connectivity index (χ0) is 15.9. The molecule has 2 N–H and O–H groups in total. The summed E-state index contributed by atoms with van der Waals surface area (Å²) in [7, 11) is 0. The SMILES string of the molecule is N#Cc1cccc(NC(=S)NC(=O)Cc2ccc(Cl)cc2)c1. The van der Waals surface area contributed by atoms with E-state index in [0.717, 1.165) is 5.56 Å². The average Bonchev–Trinajstić information content (AvgIpc) is 2.49. The van der Waals surface area contributed by atoms with Gasteiger partial charge in [-0.2, -0.15) is 5.26 Å². The van der Waals surface area contributed by atoms with Crippen LogP contribution >= 0.6 is 23.8 Å². The molecule has 0 atom stereocenters. The Hall–Kier alpha value is -2.42. The van der Waals surface area contributed by atoms with Crippen LogP contribution in [0.1, 0.15) is 11.1 Å². The maximum atomic E-state index is 11.9. The summed E-state index contributed by atoms with van der Waals surface area (Å²) >= 11 is 10.9. The lowest BCUT2D eigenvalue weighted by Crippen LogP contribution is -2.35. The smallest absolute Gasteiger partial charge is 0.230 e. The number of carbonyl (C=O) groups excluding carboxylic acids is 1. The summed E-state index contributed by atoms with van der Waals surface area (Å²) < 4.78 is 0. The van der Waals surface area contributed by atoms with Crippen LogP contribution < -0.4 is 10.6 Å². The first-order valence-corrected chi connectivity index (χ1v) is 7.21. The van der Waals surface area contributed by atoms with Crippen molar-refractivity contribution in [2.45, 2.75) is 6.42 Å². The maximum Gasteiger partial charge on any atom is 0.230 e. The van der Waals surface area contributed by atoms with Gasteiger partial charge in [0.1, 0.15) is 0 Å². The second-order valence-corrected chi connectivity index (χ2v) is 5.34. The number of thiocarbonyl (C=S) groups is 1. The van der Waals surface area contributed by atoms with Gasteiger partial charge in [0.15, 0.2) is 5.11 Å². The van der Waals surface area contributed by atoms with Crippen molar-refractivity contribution in [3.8, 4) is 6.07 Å². The van der Waals surface area contributed by atoms with Crippen LogP contribution in [-0.4, -0.2) is 11.0 Å². The first kappa shape index (κ1) is 16.0. The molecule has 0 saturated heterocycles. The molecule has 0 aliphatic carbocycles. The molecule has 0 radical (unpaired) electrons. The predicted octanol–water partition coefficient (Wildman–Crippen LogP) is 3.27. The second-order valence-electron chi connectivity index (χ2n) is 4.50. The number of hydrogen-bond donors (Lipinski definition) is 2. The van der Waals surface area contributed by atoms with Crippen molar-refractivity contribution >= 4 is 40.5 Å². The molecule has 110 valence electrons. The second kappa shape index (κ2) is 7.55. The van der Waals surface area contributed by atoms with Crippen molar-refractivity contribution in [1.82, 2.24) is 5.32 Å². The Kier molecular flexibility index (Phi) is 5.48. The predicted molar refractivity (Wildman–Crippen MR) is 90.7 cm³/mol. The normalized spacial score (nSPS) is 9.64. The Bertz CT molecular complexity index is 738. The lowest BCUT2D eigenvalue weighted by molar-refractivity contribution is -0.119. The first-order chi connectivity index (χ1) is 10.6. The van der Waals surface area contributed by atoms with E-state index in [4.69, 9.17) is 29.1 Å². The van der Waals surface area contributed by atoms with E-state index in [-0.39, 0.29) is 17.4 Å². The van der Waals surface area contributed by atoms with Crippen molar-refractivity contribution in [3.63, 3.8) is 0 Å². The van der Waals surface area contributed by atoms with Crippen LogP contribution in [0.3, 0.4) is 0 Å². The number of nitrogens with zero attached hydrogens (tertiary/aromatic N) is 1. The molecule has 1 amide bonds. The van der Waals surface area contributed by atoms with Gasteiger partial charge >= 0.3 is 0 Å². The number of hydrogen-bond acceptors (Lipinski definition) is 3. The van der Waals surface area contributed by atoms with Gasteiger partial charge in [-0.25, -0.2) is 0 Å². The summed E-state index contributed by atoms with van der Waals surface area (Å²) in [5.41, 5.74) is 2.01. The average molecular weight is 330 g/mol. The van der Waals surface area contributed by atoms with Gasteiger partial charge in [-0.1, -0.05) is 29.8 Å². The van der Waals surface area contributed by atoms with Crippen LogP contribution in [0.4, 0.5) is 5.69 Å². The van der Waals surface area contributed by atoms with Crippen molar-refractivity contribution in [1.29, 1.82) is 5.26 Å². The molecule has 0 fully saturated rings. The van der Waals surface area contributed by atoms with E-state index >= 15 is 0 Å². The highest BCUT2D eigenvalue weighted by molar-refractivity contribution is 7.80. The largest absolute Gasteiger partial charge is 0.332 e. The van der Waals surface area contributed by atoms with Crippen LogP contribution in [0.25, 0.3) is 0 Å². The molecule has 0 bridgehead atoms. The van der Waals surface area contributed by atoms with E-state index in [1.807, 2.05) is 6.07 Å². The van der Waals surface area contributed by atoms with Crippen LogP contribution in [0.2, 0.25) is 5.02 Å². The highest BCUT2D eigenvalue weighted by Gasteiger charge is 2.06. The molecular weight excluding hydrogens is 318 g/mol. The zero-order valence-corrected chi connectivity index (χ0v) is 13.0. The van der Waals surface area contributed by atoms with E-state index < -0.39 is 0 Å². The molecule has 0 unspecified atom stereocenters. The van der Waals surface area contributed by atoms with Crippen molar-refractivity contribution in [3.05, 3.63) is 64.7 Å². The fourth-order valence-corrected chi connectivity index (χ4v) is 2.14. The highest BCUT2D eigenvalue weighted by atomic mass is 35.5. The van der Waals surface area contributed by atoms with Crippen LogP contribution in [0, 0.1) is 11.3 Å². The fourth-order valence-electron chi connectivity index (χ4n) is 1.79. The number of halogens is 1. The molecule has 2 rings (SSSR count). The number of benzene rings is 2. The molecule has 2 aromatic rings. The Labute approximate surface area is 138 Å². The summed E-state index contributed by atoms with van der Waals surface area (Å²) in [4.78, 5) is 11.9. The minimum Gasteiger partial charge on any atom is -0.332 e. The fraction of sp³-hybridized carbons (Fsp3) is 0.0625. The molecule has 6 heteroatoms. The molecular formula is C16H12ClN3OS. The molecule has 0 saturated carbocycles. The Balaban J connectivity index is 1.89. The van der Waals surface area contributed by atoms with Gasteiger partial charge in [0.25, 0.3) is 0 Å². The Morgan fingerprint density at radius 2 is 1.95 bits per heavy atom. The number of rotatable bonds is 3. The number of amides is 1. The lowest BCUT2D eigenvalue weighted by atomic mass is 10.1. The highest BCUT2D eigenvalue weighted by Crippen LogP contribution is 2.11. The number of carbonyl (C=O) groups is 1. The zero-order valence-electron chi connectivity index (χ0n) is 11.5. The summed E-state index contributed by atoms with van der Waals surface area (Å²) in [6.45, 7) is 0. The molecule has 0 aliphatic heterocycles. The van der Waals surface area contributed by atoms with Crippen LogP contribution in [0.5, 0.6) is 0 Å². The standard InChI is InChI=1S/C16H12ClN3OS/c17-13-6-4-11(5-7-13)9-15(21)20-16(22)19-14-3-1-2-12(8-14)10-18/h1-8H,9H2,(H2,19,20,21,22). The number of nitriles is 1. The Morgan fingerprint density at radius 1 is 1.23 bits per heavy atom. The van der Waals surface area contributed by atoms with Gasteiger partial charge in [-0.05, 0) is 48.1 Å². The van der Waals surface area contributed by atoms with E-state index in [2.05, 4.69) is 10.6 Å². The van der Waals surface area contributed by atoms with E-state index in [9.17, 15) is 4.79 Å². The summed E-state index contributed by atoms with van der Waals surface area (Å²) in [6.07, 6.45) is 0.206. The number of anilines is 1. The third-order valence-corrected chi connectivity index (χ3v) is 3.24. The van der Waals surface area contributed by atoms with Gasteiger partial charge < -0.3 is 10.6 Å². The van der Waals surface area contributed by atoms with Crippen molar-refractivity contribution < 1.29 is 4.79 Å². The monoisotopic (exact) mass is 329 g/mol. The van der Waals surface area contributed by atoms with Gasteiger partial charge in [0.2, 0.25) is 5.91 Å². The summed E-state index contributed by atoms with van der Waals surface area (Å²) in [5, 5.41) is 15.1. The van der Waals surface area contributed by atoms with Gasteiger partial charge in [-0.15, -0.1) is 0 Å². The summed E-state index contributed by atoms with van der Waals surface area (Å²) in [5.74, 6) is -0.226. The van der Waals surface area contributed by atoms with E-state index in [1.165, 1.54) is 0 Å². The Morgan fingerprint density at radius 3 is 2.64 bits per heavy atom. The molecule has 0 spiro atoms. The van der Waals surface area contributed by atoms with Gasteiger partial charge in [0, 0.05) is 10.7 Å². The maximum absolute atomic E-state index is 11.9. The van der Waals surface area contributed by atoms with Gasteiger partial charge in [-0.3, -0.25) is 4.79 Å². The quantitative estimate of drug-likeness (QED) is 0.848. The molecule has 0 aromatic heterocycles. The van der Waals surface area contributed by atoms with Crippen molar-refractivity contribution in [2.75, 3.05) is 5.32 Å². The van der Waals surface area contributed by atoms with Crippen molar-refractivity contribution in [2.24, 2.45) is 0 Å². The van der Waals surface area contributed by atoms with Crippen LogP contribution in [-0.2, 0) is 11.2 Å². The minimum absolute atomic E-state index is 0.189. The van der Waals surface area contributed by atoms with Gasteiger partial charge in [0.05, 0.1) is 18.1 Å². The third kappa shape index (κ3) is 4.85. The molecule has 2 aromatic carbocycles. The first-order valence-electron chi connectivity index (χ1n) is 6.42. The molecule has 0 aliphatic rings. The van der Waals surface area contributed by atoms with E-state index in [1.54, 1.807) is 48.5 Å².